The molecular weight excluding hydrogens is 463 g/mol. The normalized spacial score (nSPS) is 11.4. The van der Waals surface area contributed by atoms with E-state index in [0.717, 1.165) is 6.07 Å². The maximum atomic E-state index is 13.9. The van der Waals surface area contributed by atoms with Crippen LogP contribution in [0.3, 0.4) is 0 Å². The van der Waals surface area contributed by atoms with Gasteiger partial charge in [0.15, 0.2) is 0 Å². The van der Waals surface area contributed by atoms with Crippen LogP contribution >= 0.6 is 23.4 Å². The van der Waals surface area contributed by atoms with E-state index in [1.807, 2.05) is 0 Å². The number of hydrogen-bond acceptors (Lipinski definition) is 5. The third-order valence-corrected chi connectivity index (χ3v) is 7.28. The zero-order chi connectivity index (χ0) is 22.8. The summed E-state index contributed by atoms with van der Waals surface area (Å²) in [5, 5.41) is 10.2. The van der Waals surface area contributed by atoms with Gasteiger partial charge in [0, 0.05) is 16.3 Å². The minimum absolute atomic E-state index is 0.0722. The number of carbonyl (C=O) groups is 1. The van der Waals surface area contributed by atoms with Gasteiger partial charge in [-0.05, 0) is 61.4 Å². The number of pyridine rings is 1. The molecule has 0 aliphatic carbocycles. The lowest BCUT2D eigenvalue weighted by atomic mass is 10.0. The van der Waals surface area contributed by atoms with Crippen LogP contribution in [0.1, 0.15) is 27.0 Å². The maximum absolute atomic E-state index is 13.9. The van der Waals surface area contributed by atoms with Gasteiger partial charge in [-0.3, -0.25) is 4.72 Å². The molecule has 2 aromatic carbocycles. The van der Waals surface area contributed by atoms with Gasteiger partial charge in [0.05, 0.1) is 27.4 Å². The molecule has 6 nitrogen and oxygen atoms in total. The molecule has 0 bridgehead atoms. The van der Waals surface area contributed by atoms with E-state index in [2.05, 4.69) is 9.71 Å². The van der Waals surface area contributed by atoms with Crippen LogP contribution in [0.2, 0.25) is 5.02 Å². The van der Waals surface area contributed by atoms with Gasteiger partial charge in [0.1, 0.15) is 5.82 Å². The van der Waals surface area contributed by atoms with Crippen LogP contribution in [0.15, 0.2) is 58.6 Å². The van der Waals surface area contributed by atoms with Gasteiger partial charge in [-0.15, -0.1) is 11.8 Å². The van der Waals surface area contributed by atoms with E-state index < -0.39 is 21.8 Å². The molecule has 0 saturated carbocycles. The Morgan fingerprint density at radius 3 is 2.58 bits per heavy atom. The molecule has 1 heterocycles. The molecule has 0 atom stereocenters. The summed E-state index contributed by atoms with van der Waals surface area (Å²) in [5.74, 6) is -1.33. The molecule has 0 spiro atoms. The first kappa shape index (κ1) is 23.1. The lowest BCUT2D eigenvalue weighted by molar-refractivity contribution is 0.0695. The minimum atomic E-state index is -4.02. The van der Waals surface area contributed by atoms with E-state index in [0.29, 0.717) is 26.7 Å². The first-order chi connectivity index (χ1) is 14.6. The van der Waals surface area contributed by atoms with Gasteiger partial charge in [0.25, 0.3) is 10.0 Å². The molecule has 31 heavy (non-hydrogen) atoms. The first-order valence-corrected chi connectivity index (χ1v) is 11.8. The number of rotatable bonds is 7. The zero-order valence-corrected chi connectivity index (χ0v) is 18.9. The van der Waals surface area contributed by atoms with Crippen molar-refractivity contribution in [2.24, 2.45) is 0 Å². The van der Waals surface area contributed by atoms with Crippen molar-refractivity contribution in [2.45, 2.75) is 29.5 Å². The Hall–Kier alpha value is -2.62. The number of nitrogens with zero attached hydrogens (tertiary/aromatic N) is 1. The van der Waals surface area contributed by atoms with Crippen LogP contribution in [0.4, 0.5) is 10.1 Å². The number of carboxylic acid groups (broad SMARTS) is 1. The molecule has 3 aromatic rings. The predicted molar refractivity (Wildman–Crippen MR) is 119 cm³/mol. The smallest absolute Gasteiger partial charge is 0.336 e. The summed E-state index contributed by atoms with van der Waals surface area (Å²) in [4.78, 5) is 15.4. The van der Waals surface area contributed by atoms with Gasteiger partial charge in [0.2, 0.25) is 0 Å². The van der Waals surface area contributed by atoms with Crippen molar-refractivity contribution in [2.75, 3.05) is 4.72 Å². The topological polar surface area (TPSA) is 96.4 Å². The van der Waals surface area contributed by atoms with Crippen molar-refractivity contribution in [1.82, 2.24) is 4.98 Å². The highest BCUT2D eigenvalue weighted by atomic mass is 35.5. The second-order valence-electron chi connectivity index (χ2n) is 6.70. The van der Waals surface area contributed by atoms with Gasteiger partial charge in [-0.2, -0.15) is 0 Å². The van der Waals surface area contributed by atoms with Crippen molar-refractivity contribution in [1.29, 1.82) is 0 Å². The molecule has 0 radical (unpaired) electrons. The summed E-state index contributed by atoms with van der Waals surface area (Å²) in [5.41, 5.74) is 1.56. The number of sulfonamides is 1. The number of aromatic carboxylic acids is 1. The Labute approximate surface area is 188 Å². The summed E-state index contributed by atoms with van der Waals surface area (Å²) < 4.78 is 41.7. The van der Waals surface area contributed by atoms with E-state index in [9.17, 15) is 22.7 Å². The van der Waals surface area contributed by atoms with E-state index in [1.54, 1.807) is 26.0 Å². The number of aromatic nitrogens is 1. The number of hydrogen-bond donors (Lipinski definition) is 2. The Balaban J connectivity index is 1.75. The Bertz CT molecular complexity index is 1230. The first-order valence-electron chi connectivity index (χ1n) is 8.97. The van der Waals surface area contributed by atoms with Crippen molar-refractivity contribution in [3.8, 4) is 0 Å². The van der Waals surface area contributed by atoms with Crippen molar-refractivity contribution >= 4 is 45.0 Å². The molecule has 162 valence electrons. The summed E-state index contributed by atoms with van der Waals surface area (Å²) >= 11 is 7.27. The lowest BCUT2D eigenvalue weighted by Crippen LogP contribution is -2.15. The molecule has 2 N–H and O–H groups in total. The third-order valence-electron chi connectivity index (χ3n) is 4.60. The SMILES string of the molecule is Cc1cc(S(=O)(=O)Nc2ccc(SCc3c(F)cccc3Cl)nc2)cc(C(=O)O)c1C. The molecule has 0 fully saturated rings. The second-order valence-corrected chi connectivity index (χ2v) is 9.78. The third kappa shape index (κ3) is 5.36. The fourth-order valence-corrected chi connectivity index (χ4v) is 5.10. The molecule has 0 saturated heterocycles. The number of nitrogens with one attached hydrogen (secondary N) is 1. The fourth-order valence-electron chi connectivity index (χ4n) is 2.76. The highest BCUT2D eigenvalue weighted by Gasteiger charge is 2.20. The van der Waals surface area contributed by atoms with Crippen molar-refractivity contribution in [3.63, 3.8) is 0 Å². The molecule has 0 unspecified atom stereocenters. The average molecular weight is 481 g/mol. The van der Waals surface area contributed by atoms with Crippen LogP contribution in [0.25, 0.3) is 0 Å². The summed E-state index contributed by atoms with van der Waals surface area (Å²) in [6, 6.07) is 10.1. The van der Waals surface area contributed by atoms with E-state index in [4.69, 9.17) is 11.6 Å². The number of carboxylic acids is 1. The van der Waals surface area contributed by atoms with E-state index in [-0.39, 0.29) is 21.9 Å². The fraction of sp³-hybridized carbons (Fsp3) is 0.143. The minimum Gasteiger partial charge on any atom is -0.478 e. The van der Waals surface area contributed by atoms with Crippen LogP contribution in [0, 0.1) is 19.7 Å². The number of benzene rings is 2. The summed E-state index contributed by atoms with van der Waals surface area (Å²) in [7, 11) is -4.02. The van der Waals surface area contributed by atoms with Crippen LogP contribution < -0.4 is 4.72 Å². The van der Waals surface area contributed by atoms with Crippen LogP contribution in [-0.4, -0.2) is 24.5 Å². The summed E-state index contributed by atoms with van der Waals surface area (Å²) in [6.45, 7) is 3.27. The Kier molecular flexibility index (Phi) is 6.88. The summed E-state index contributed by atoms with van der Waals surface area (Å²) in [6.07, 6.45) is 1.34. The number of thioether (sulfide) groups is 1. The number of halogens is 2. The van der Waals surface area contributed by atoms with Gasteiger partial charge < -0.3 is 5.11 Å². The van der Waals surface area contributed by atoms with Gasteiger partial charge in [-0.25, -0.2) is 22.6 Å². The highest BCUT2D eigenvalue weighted by molar-refractivity contribution is 7.98. The highest BCUT2D eigenvalue weighted by Crippen LogP contribution is 2.28. The van der Waals surface area contributed by atoms with Gasteiger partial charge >= 0.3 is 5.97 Å². The molecule has 0 amide bonds. The monoisotopic (exact) mass is 480 g/mol. The lowest BCUT2D eigenvalue weighted by Gasteiger charge is -2.12. The average Bonchev–Trinajstić information content (AvgIpc) is 2.70. The molecule has 0 aliphatic rings. The molecule has 10 heteroatoms. The van der Waals surface area contributed by atoms with Gasteiger partial charge in [-0.1, -0.05) is 17.7 Å². The maximum Gasteiger partial charge on any atom is 0.336 e. The molecule has 1 aromatic heterocycles. The second kappa shape index (κ2) is 9.25. The van der Waals surface area contributed by atoms with Crippen molar-refractivity contribution in [3.05, 3.63) is 81.8 Å². The van der Waals surface area contributed by atoms with Crippen molar-refractivity contribution < 1.29 is 22.7 Å². The Morgan fingerprint density at radius 1 is 1.23 bits per heavy atom. The van der Waals surface area contributed by atoms with E-state index in [1.165, 1.54) is 42.2 Å². The zero-order valence-electron chi connectivity index (χ0n) is 16.5. The standard InChI is InChI=1S/C21H18ClFN2O4S2/c1-12-8-15(9-16(13(12)2)21(26)27)31(28,29)25-14-6-7-20(24-10-14)30-11-17-18(22)4-3-5-19(17)23/h3-10,25H,11H2,1-2H3,(H,26,27). The molecule has 3 rings (SSSR count). The molecular formula is C21H18ClFN2O4S2. The molecule has 0 aliphatic heterocycles. The largest absolute Gasteiger partial charge is 0.478 e. The quantitative estimate of drug-likeness (QED) is 0.446. The number of anilines is 1. The van der Waals surface area contributed by atoms with Crippen LogP contribution in [0.5, 0.6) is 0 Å². The Morgan fingerprint density at radius 2 is 1.97 bits per heavy atom. The van der Waals surface area contributed by atoms with Crippen LogP contribution in [-0.2, 0) is 15.8 Å². The van der Waals surface area contributed by atoms with E-state index >= 15 is 0 Å². The number of aryl methyl sites for hydroxylation is 1. The predicted octanol–water partition coefficient (Wildman–Crippen LogP) is 5.28.